The Bertz CT molecular complexity index is 959. The molecule has 0 aliphatic heterocycles. The largest absolute Gasteiger partial charge is 0.481 e. The maximum Gasteiger partial charge on any atom is 0.328 e. The zero-order valence-corrected chi connectivity index (χ0v) is 13.7. The molecule has 0 spiro atoms. The molecule has 2 atom stereocenters. The van der Waals surface area contributed by atoms with E-state index in [2.05, 4.69) is 10.3 Å². The topological polar surface area (TPSA) is 121 Å². The van der Waals surface area contributed by atoms with E-state index in [0.29, 0.717) is 35.7 Å². The maximum absolute atomic E-state index is 12.4. The molecule has 1 fully saturated rings. The summed E-state index contributed by atoms with van der Waals surface area (Å²) in [7, 11) is 0. The Morgan fingerprint density at radius 3 is 2.72 bits per heavy atom. The predicted molar refractivity (Wildman–Crippen MR) is 90.7 cm³/mol. The zero-order chi connectivity index (χ0) is 18.1. The third-order valence-electron chi connectivity index (χ3n) is 4.68. The van der Waals surface area contributed by atoms with Crippen LogP contribution in [0.15, 0.2) is 27.8 Å². The molecule has 0 saturated heterocycles. The summed E-state index contributed by atoms with van der Waals surface area (Å²) in [5.41, 5.74) is -0.288. The molecule has 8 heteroatoms. The minimum absolute atomic E-state index is 0.184. The van der Waals surface area contributed by atoms with Crippen molar-refractivity contribution in [2.24, 2.45) is 5.92 Å². The summed E-state index contributed by atoms with van der Waals surface area (Å²) >= 11 is 0. The molecule has 1 aromatic heterocycles. The Morgan fingerprint density at radius 2 is 2.08 bits per heavy atom. The minimum atomic E-state index is -0.841. The number of carboxylic acids is 1. The van der Waals surface area contributed by atoms with Crippen molar-refractivity contribution < 1.29 is 14.7 Å². The molecule has 1 aromatic carbocycles. The fourth-order valence-corrected chi connectivity index (χ4v) is 3.29. The molecule has 132 valence electrons. The lowest BCUT2D eigenvalue weighted by molar-refractivity contribution is -0.141. The van der Waals surface area contributed by atoms with Crippen molar-refractivity contribution in [2.45, 2.75) is 38.8 Å². The Balaban J connectivity index is 1.84. The van der Waals surface area contributed by atoms with Gasteiger partial charge in [0.1, 0.15) is 0 Å². The fraction of sp³-hybridized carbons (Fsp3) is 0.412. The van der Waals surface area contributed by atoms with Crippen LogP contribution in [0.1, 0.15) is 36.5 Å². The first kappa shape index (κ1) is 16.9. The van der Waals surface area contributed by atoms with Crippen molar-refractivity contribution in [3.8, 4) is 0 Å². The van der Waals surface area contributed by atoms with Crippen LogP contribution in [0, 0.1) is 5.92 Å². The quantitative estimate of drug-likeness (QED) is 0.753. The van der Waals surface area contributed by atoms with Gasteiger partial charge in [0.25, 0.3) is 11.5 Å². The second kappa shape index (κ2) is 6.54. The first-order valence-electron chi connectivity index (χ1n) is 8.21. The first-order valence-corrected chi connectivity index (χ1v) is 8.21. The first-order chi connectivity index (χ1) is 11.9. The standard InChI is InChI=1S/C17H19N3O5/c1-2-20-15(22)12-6-4-9(8-13(12)19-17(20)25)14(21)18-11-5-3-10(7-11)16(23)24/h4,6,8,10-11H,2-3,5,7H2,1H3,(H,18,21)(H,19,25)(H,23,24)/t10-,11+/m0/s1. The minimum Gasteiger partial charge on any atom is -0.481 e. The number of rotatable bonds is 4. The van der Waals surface area contributed by atoms with E-state index in [1.54, 1.807) is 6.92 Å². The molecule has 1 amide bonds. The molecule has 2 aromatic rings. The zero-order valence-electron chi connectivity index (χ0n) is 13.7. The van der Waals surface area contributed by atoms with Crippen LogP contribution < -0.4 is 16.6 Å². The molecule has 25 heavy (non-hydrogen) atoms. The molecule has 0 radical (unpaired) electrons. The number of carbonyl (C=O) groups excluding carboxylic acids is 1. The number of hydrogen-bond acceptors (Lipinski definition) is 4. The van der Waals surface area contributed by atoms with Gasteiger partial charge in [-0.05, 0) is 44.4 Å². The molecular weight excluding hydrogens is 326 g/mol. The average molecular weight is 345 g/mol. The number of hydrogen-bond donors (Lipinski definition) is 3. The number of aromatic amines is 1. The van der Waals surface area contributed by atoms with Gasteiger partial charge in [-0.1, -0.05) is 0 Å². The molecule has 3 rings (SSSR count). The van der Waals surface area contributed by atoms with Gasteiger partial charge in [-0.15, -0.1) is 0 Å². The number of nitrogens with zero attached hydrogens (tertiary/aromatic N) is 1. The number of amides is 1. The van der Waals surface area contributed by atoms with Crippen LogP contribution in [0.2, 0.25) is 0 Å². The molecular formula is C17H19N3O5. The maximum atomic E-state index is 12.4. The number of aliphatic carboxylic acids is 1. The van der Waals surface area contributed by atoms with E-state index in [4.69, 9.17) is 5.11 Å². The van der Waals surface area contributed by atoms with E-state index in [9.17, 15) is 19.2 Å². The summed E-state index contributed by atoms with van der Waals surface area (Å²) in [6.45, 7) is 1.97. The Hall–Kier alpha value is -2.90. The van der Waals surface area contributed by atoms with Gasteiger partial charge in [0, 0.05) is 18.2 Å². The van der Waals surface area contributed by atoms with Gasteiger partial charge in [-0.2, -0.15) is 0 Å². The van der Waals surface area contributed by atoms with Crippen LogP contribution >= 0.6 is 0 Å². The van der Waals surface area contributed by atoms with Crippen LogP contribution in [-0.4, -0.2) is 32.6 Å². The van der Waals surface area contributed by atoms with Gasteiger partial charge >= 0.3 is 11.7 Å². The second-order valence-corrected chi connectivity index (χ2v) is 6.26. The monoisotopic (exact) mass is 345 g/mol. The number of H-pyrrole nitrogens is 1. The summed E-state index contributed by atoms with van der Waals surface area (Å²) in [6.07, 6.45) is 1.57. The molecule has 1 saturated carbocycles. The van der Waals surface area contributed by atoms with E-state index in [0.717, 1.165) is 4.57 Å². The third-order valence-corrected chi connectivity index (χ3v) is 4.68. The van der Waals surface area contributed by atoms with Gasteiger partial charge in [0.05, 0.1) is 16.8 Å². The highest BCUT2D eigenvalue weighted by Crippen LogP contribution is 2.26. The van der Waals surface area contributed by atoms with Gasteiger partial charge < -0.3 is 15.4 Å². The van der Waals surface area contributed by atoms with Crippen LogP contribution in [-0.2, 0) is 11.3 Å². The van der Waals surface area contributed by atoms with Crippen molar-refractivity contribution >= 4 is 22.8 Å². The third kappa shape index (κ3) is 3.19. The summed E-state index contributed by atoms with van der Waals surface area (Å²) < 4.78 is 1.09. The lowest BCUT2D eigenvalue weighted by atomic mass is 10.1. The summed E-state index contributed by atoms with van der Waals surface area (Å²) in [4.78, 5) is 50.1. The summed E-state index contributed by atoms with van der Waals surface area (Å²) in [5, 5.41) is 12.2. The van der Waals surface area contributed by atoms with Gasteiger partial charge in [0.2, 0.25) is 0 Å². The number of aromatic nitrogens is 2. The Kier molecular flexibility index (Phi) is 4.43. The second-order valence-electron chi connectivity index (χ2n) is 6.26. The number of nitrogens with one attached hydrogen (secondary N) is 2. The van der Waals surface area contributed by atoms with Crippen molar-refractivity contribution in [3.63, 3.8) is 0 Å². The SMILES string of the molecule is CCn1c(=O)[nH]c2cc(C(=O)N[C@@H]3CC[C@H](C(=O)O)C3)ccc2c1=O. The van der Waals surface area contributed by atoms with Crippen LogP contribution in [0.25, 0.3) is 10.9 Å². The molecule has 8 nitrogen and oxygen atoms in total. The molecule has 1 aliphatic carbocycles. The average Bonchev–Trinajstić information content (AvgIpc) is 3.03. The number of benzene rings is 1. The van der Waals surface area contributed by atoms with E-state index in [-0.39, 0.29) is 18.5 Å². The summed E-state index contributed by atoms with van der Waals surface area (Å²) in [5.74, 6) is -1.61. The highest BCUT2D eigenvalue weighted by Gasteiger charge is 2.30. The lowest BCUT2D eigenvalue weighted by Crippen LogP contribution is -2.35. The highest BCUT2D eigenvalue weighted by molar-refractivity contribution is 5.97. The van der Waals surface area contributed by atoms with E-state index < -0.39 is 23.1 Å². The molecule has 1 aliphatic rings. The van der Waals surface area contributed by atoms with Crippen molar-refractivity contribution in [2.75, 3.05) is 0 Å². The van der Waals surface area contributed by atoms with Crippen molar-refractivity contribution in [3.05, 3.63) is 44.6 Å². The highest BCUT2D eigenvalue weighted by atomic mass is 16.4. The number of carboxylic acid groups (broad SMARTS) is 1. The predicted octanol–water partition coefficient (Wildman–Crippen LogP) is 0.693. The van der Waals surface area contributed by atoms with Gasteiger partial charge in [0.15, 0.2) is 0 Å². The number of fused-ring (bicyclic) bond motifs is 1. The van der Waals surface area contributed by atoms with Gasteiger partial charge in [-0.25, -0.2) is 4.79 Å². The normalized spacial score (nSPS) is 19.9. The van der Waals surface area contributed by atoms with Crippen LogP contribution in [0.3, 0.4) is 0 Å². The van der Waals surface area contributed by atoms with Crippen LogP contribution in [0.5, 0.6) is 0 Å². The van der Waals surface area contributed by atoms with Crippen molar-refractivity contribution in [1.82, 2.24) is 14.9 Å². The molecule has 0 unspecified atom stereocenters. The smallest absolute Gasteiger partial charge is 0.328 e. The van der Waals surface area contributed by atoms with E-state index in [1.807, 2.05) is 0 Å². The lowest BCUT2D eigenvalue weighted by Gasteiger charge is -2.13. The van der Waals surface area contributed by atoms with Crippen molar-refractivity contribution in [1.29, 1.82) is 0 Å². The Labute approximate surface area is 142 Å². The van der Waals surface area contributed by atoms with E-state index in [1.165, 1.54) is 18.2 Å². The Morgan fingerprint density at radius 1 is 1.32 bits per heavy atom. The summed E-state index contributed by atoms with van der Waals surface area (Å²) in [6, 6.07) is 4.33. The molecule has 1 heterocycles. The fourth-order valence-electron chi connectivity index (χ4n) is 3.29. The molecule has 3 N–H and O–H groups in total. The number of carbonyl (C=O) groups is 2. The van der Waals surface area contributed by atoms with Gasteiger partial charge in [-0.3, -0.25) is 19.0 Å². The van der Waals surface area contributed by atoms with E-state index >= 15 is 0 Å². The molecule has 0 bridgehead atoms. The van der Waals surface area contributed by atoms with Crippen LogP contribution in [0.4, 0.5) is 0 Å².